The van der Waals surface area contributed by atoms with Crippen LogP contribution in [-0.4, -0.2) is 16.6 Å². The zero-order valence-corrected chi connectivity index (χ0v) is 12.6. The van der Waals surface area contributed by atoms with Gasteiger partial charge in [0.05, 0.1) is 11.3 Å². The number of hydrogen-bond donors (Lipinski definition) is 2. The van der Waals surface area contributed by atoms with Crippen LogP contribution in [0.15, 0.2) is 59.8 Å². The molecule has 0 aliphatic heterocycles. The summed E-state index contributed by atoms with van der Waals surface area (Å²) < 4.78 is 0. The van der Waals surface area contributed by atoms with E-state index in [4.69, 9.17) is 0 Å². The second-order valence-corrected chi connectivity index (χ2v) is 5.26. The maximum absolute atomic E-state index is 12.3. The number of H-pyrrole nitrogens is 1. The Morgan fingerprint density at radius 3 is 2.77 bits per heavy atom. The maximum Gasteiger partial charge on any atom is 0.273 e. The van der Waals surface area contributed by atoms with E-state index in [0.717, 1.165) is 27.7 Å². The highest BCUT2D eigenvalue weighted by atomic mass is 16.2. The van der Waals surface area contributed by atoms with Crippen molar-refractivity contribution < 1.29 is 4.79 Å². The van der Waals surface area contributed by atoms with Gasteiger partial charge >= 0.3 is 0 Å². The number of aromatic amines is 1. The first-order chi connectivity index (χ1) is 10.6. The number of rotatable bonds is 3. The zero-order valence-electron chi connectivity index (χ0n) is 12.6. The molecule has 3 rings (SSSR count). The summed E-state index contributed by atoms with van der Waals surface area (Å²) in [5.74, 6) is -0.218. The van der Waals surface area contributed by atoms with Crippen molar-refractivity contribution >= 4 is 22.5 Å². The molecule has 0 radical (unpaired) electrons. The van der Waals surface area contributed by atoms with Gasteiger partial charge in [0.1, 0.15) is 0 Å². The number of para-hydroxylation sites is 1. The van der Waals surface area contributed by atoms with Crippen molar-refractivity contribution in [1.29, 1.82) is 0 Å². The lowest BCUT2D eigenvalue weighted by molar-refractivity contribution is 0.0956. The molecule has 0 saturated heterocycles. The predicted octanol–water partition coefficient (Wildman–Crippen LogP) is 3.63. The van der Waals surface area contributed by atoms with E-state index in [0.29, 0.717) is 5.56 Å². The number of hydrogen-bond acceptors (Lipinski definition) is 2. The van der Waals surface area contributed by atoms with Gasteiger partial charge in [-0.05, 0) is 25.5 Å². The third kappa shape index (κ3) is 2.76. The highest BCUT2D eigenvalue weighted by Crippen LogP contribution is 2.17. The number of amides is 1. The Morgan fingerprint density at radius 2 is 1.95 bits per heavy atom. The molecule has 2 N–H and O–H groups in total. The van der Waals surface area contributed by atoms with Gasteiger partial charge in [0.25, 0.3) is 5.91 Å². The van der Waals surface area contributed by atoms with Crippen molar-refractivity contribution in [2.75, 3.05) is 0 Å². The molecular formula is C18H17N3O. The van der Waals surface area contributed by atoms with Crippen LogP contribution >= 0.6 is 0 Å². The van der Waals surface area contributed by atoms with Crippen molar-refractivity contribution in [2.24, 2.45) is 5.10 Å². The lowest BCUT2D eigenvalue weighted by atomic mass is 10.1. The number of carbonyl (C=O) groups is 1. The van der Waals surface area contributed by atoms with Crippen LogP contribution in [0.1, 0.15) is 28.4 Å². The van der Waals surface area contributed by atoms with Gasteiger partial charge in [-0.2, -0.15) is 5.10 Å². The fraction of sp³-hybridized carbons (Fsp3) is 0.111. The van der Waals surface area contributed by atoms with Gasteiger partial charge in [0.2, 0.25) is 0 Å². The number of nitrogens with zero attached hydrogens (tertiary/aromatic N) is 1. The standard InChI is InChI=1S/C18H17N3O/c1-12-6-5-7-14(10-12)13(2)20-21-18(22)16-11-19-17-9-4-3-8-15(16)17/h3-11,19H,1-2H3,(H,21,22). The van der Waals surface area contributed by atoms with Crippen LogP contribution in [-0.2, 0) is 0 Å². The van der Waals surface area contributed by atoms with Gasteiger partial charge in [-0.15, -0.1) is 0 Å². The van der Waals surface area contributed by atoms with E-state index in [2.05, 4.69) is 15.5 Å². The molecule has 1 heterocycles. The molecule has 0 bridgehead atoms. The summed E-state index contributed by atoms with van der Waals surface area (Å²) in [5.41, 5.74) is 7.09. The number of aromatic nitrogens is 1. The number of fused-ring (bicyclic) bond motifs is 1. The molecule has 22 heavy (non-hydrogen) atoms. The van der Waals surface area contributed by atoms with Gasteiger partial charge in [-0.25, -0.2) is 5.43 Å². The first kappa shape index (κ1) is 14.1. The maximum atomic E-state index is 12.3. The third-order valence-electron chi connectivity index (χ3n) is 3.59. The molecule has 4 heteroatoms. The molecule has 0 saturated carbocycles. The van der Waals surface area contributed by atoms with E-state index >= 15 is 0 Å². The summed E-state index contributed by atoms with van der Waals surface area (Å²) in [6, 6.07) is 15.7. The minimum atomic E-state index is -0.218. The van der Waals surface area contributed by atoms with Crippen molar-refractivity contribution in [3.05, 3.63) is 71.4 Å². The van der Waals surface area contributed by atoms with E-state index < -0.39 is 0 Å². The molecule has 2 aromatic carbocycles. The highest BCUT2D eigenvalue weighted by molar-refractivity contribution is 6.07. The molecule has 110 valence electrons. The van der Waals surface area contributed by atoms with E-state index in [9.17, 15) is 4.79 Å². The van der Waals surface area contributed by atoms with E-state index in [1.165, 1.54) is 0 Å². The fourth-order valence-corrected chi connectivity index (χ4v) is 2.39. The third-order valence-corrected chi connectivity index (χ3v) is 3.59. The monoisotopic (exact) mass is 291 g/mol. The zero-order chi connectivity index (χ0) is 15.5. The van der Waals surface area contributed by atoms with E-state index in [-0.39, 0.29) is 5.91 Å². The number of nitrogens with one attached hydrogen (secondary N) is 2. The van der Waals surface area contributed by atoms with Gasteiger partial charge in [0.15, 0.2) is 0 Å². The van der Waals surface area contributed by atoms with E-state index in [1.54, 1.807) is 6.20 Å². The average Bonchev–Trinajstić information content (AvgIpc) is 2.96. The summed E-state index contributed by atoms with van der Waals surface area (Å²) in [4.78, 5) is 15.4. The first-order valence-electron chi connectivity index (χ1n) is 7.13. The number of hydrazone groups is 1. The van der Waals surface area contributed by atoms with Crippen LogP contribution in [0.25, 0.3) is 10.9 Å². The van der Waals surface area contributed by atoms with Crippen LogP contribution in [0.2, 0.25) is 0 Å². The number of carbonyl (C=O) groups excluding carboxylic acids is 1. The van der Waals surface area contributed by atoms with Gasteiger partial charge in [-0.1, -0.05) is 48.0 Å². The van der Waals surface area contributed by atoms with Crippen LogP contribution in [0.4, 0.5) is 0 Å². The van der Waals surface area contributed by atoms with Gasteiger partial charge in [0, 0.05) is 17.1 Å². The lowest BCUT2D eigenvalue weighted by Crippen LogP contribution is -2.19. The second-order valence-electron chi connectivity index (χ2n) is 5.26. The minimum Gasteiger partial charge on any atom is -0.360 e. The van der Waals surface area contributed by atoms with Crippen LogP contribution in [0, 0.1) is 6.92 Å². The molecule has 3 aromatic rings. The summed E-state index contributed by atoms with van der Waals surface area (Å²) in [6.07, 6.45) is 1.71. The lowest BCUT2D eigenvalue weighted by Gasteiger charge is -2.03. The van der Waals surface area contributed by atoms with E-state index in [1.807, 2.05) is 62.4 Å². The quantitative estimate of drug-likeness (QED) is 0.562. The molecule has 1 aromatic heterocycles. The van der Waals surface area contributed by atoms with Gasteiger partial charge < -0.3 is 4.98 Å². The SMILES string of the molecule is CC(=NNC(=O)c1c[nH]c2ccccc12)c1cccc(C)c1. The topological polar surface area (TPSA) is 57.2 Å². The molecule has 0 atom stereocenters. The summed E-state index contributed by atoms with van der Waals surface area (Å²) in [6.45, 7) is 3.91. The molecule has 0 fully saturated rings. The van der Waals surface area contributed by atoms with Crippen LogP contribution in [0.5, 0.6) is 0 Å². The smallest absolute Gasteiger partial charge is 0.273 e. The minimum absolute atomic E-state index is 0.218. The summed E-state index contributed by atoms with van der Waals surface area (Å²) >= 11 is 0. The Morgan fingerprint density at radius 1 is 1.14 bits per heavy atom. The molecule has 0 unspecified atom stereocenters. The normalized spacial score (nSPS) is 11.6. The number of aryl methyl sites for hydroxylation is 1. The Bertz CT molecular complexity index is 861. The van der Waals surface area contributed by atoms with Crippen molar-refractivity contribution in [3.8, 4) is 0 Å². The Kier molecular flexibility index (Phi) is 3.74. The molecular weight excluding hydrogens is 274 g/mol. The predicted molar refractivity (Wildman–Crippen MR) is 89.2 cm³/mol. The summed E-state index contributed by atoms with van der Waals surface area (Å²) in [7, 11) is 0. The first-order valence-corrected chi connectivity index (χ1v) is 7.13. The number of benzene rings is 2. The Hall–Kier alpha value is -2.88. The van der Waals surface area contributed by atoms with Crippen molar-refractivity contribution in [3.63, 3.8) is 0 Å². The summed E-state index contributed by atoms with van der Waals surface area (Å²) in [5, 5.41) is 5.09. The second kappa shape index (κ2) is 5.85. The molecule has 1 amide bonds. The Balaban J connectivity index is 1.81. The van der Waals surface area contributed by atoms with Crippen molar-refractivity contribution in [2.45, 2.75) is 13.8 Å². The molecule has 0 spiro atoms. The van der Waals surface area contributed by atoms with Crippen LogP contribution < -0.4 is 5.43 Å². The molecule has 0 aliphatic rings. The van der Waals surface area contributed by atoms with Gasteiger partial charge in [-0.3, -0.25) is 4.79 Å². The average molecular weight is 291 g/mol. The molecule has 4 nitrogen and oxygen atoms in total. The largest absolute Gasteiger partial charge is 0.360 e. The fourth-order valence-electron chi connectivity index (χ4n) is 2.39. The Labute approximate surface area is 128 Å². The molecule has 0 aliphatic carbocycles. The highest BCUT2D eigenvalue weighted by Gasteiger charge is 2.11. The van der Waals surface area contributed by atoms with Crippen molar-refractivity contribution in [1.82, 2.24) is 10.4 Å². The van der Waals surface area contributed by atoms with Crippen LogP contribution in [0.3, 0.4) is 0 Å².